The lowest BCUT2D eigenvalue weighted by molar-refractivity contribution is 0.414. The molecule has 0 spiro atoms. The number of nitrogens with zero attached hydrogens (tertiary/aromatic N) is 5. The van der Waals surface area contributed by atoms with Crippen LogP contribution < -0.4 is 10.3 Å². The predicted octanol–water partition coefficient (Wildman–Crippen LogP) is 3.85. The Morgan fingerprint density at radius 2 is 1.68 bits per heavy atom. The first-order valence-corrected chi connectivity index (χ1v) is 10.0. The first-order chi connectivity index (χ1) is 15.1. The second kappa shape index (κ2) is 7.36. The van der Waals surface area contributed by atoms with Crippen molar-refractivity contribution in [1.82, 2.24) is 24.1 Å². The number of rotatable bonds is 5. The number of allylic oxidation sites excluding steroid dienone is 1. The maximum Gasteiger partial charge on any atom is 0.265 e. The summed E-state index contributed by atoms with van der Waals surface area (Å²) in [7, 11) is 1.64. The molecule has 7 heteroatoms. The summed E-state index contributed by atoms with van der Waals surface area (Å²) in [5.74, 6) is 1.42. The van der Waals surface area contributed by atoms with Gasteiger partial charge in [0.2, 0.25) is 0 Å². The van der Waals surface area contributed by atoms with E-state index in [4.69, 9.17) is 19.7 Å². The number of fused-ring (bicyclic) bond motifs is 4. The Labute approximate surface area is 178 Å². The first kappa shape index (κ1) is 19.0. The SMILES string of the molecule is C=CCn1c(C)nc2c(c1=O)c1nc3ccccc3nc1n2Cc1ccc(OC)cc1. The molecule has 0 aliphatic carbocycles. The quantitative estimate of drug-likeness (QED) is 0.411. The van der Waals surface area contributed by atoms with E-state index in [1.165, 1.54) is 0 Å². The molecular weight excluding hydrogens is 390 g/mol. The van der Waals surface area contributed by atoms with Crippen molar-refractivity contribution in [2.24, 2.45) is 0 Å². The highest BCUT2D eigenvalue weighted by Crippen LogP contribution is 2.26. The van der Waals surface area contributed by atoms with Crippen LogP contribution in [0.3, 0.4) is 0 Å². The van der Waals surface area contributed by atoms with Gasteiger partial charge in [0.05, 0.1) is 24.7 Å². The van der Waals surface area contributed by atoms with Crippen LogP contribution in [0.25, 0.3) is 33.2 Å². The van der Waals surface area contributed by atoms with Gasteiger partial charge in [0.15, 0.2) is 11.3 Å². The van der Waals surface area contributed by atoms with Gasteiger partial charge >= 0.3 is 0 Å². The highest BCUT2D eigenvalue weighted by molar-refractivity contribution is 6.04. The van der Waals surface area contributed by atoms with Gasteiger partial charge in [0, 0.05) is 6.54 Å². The number of ether oxygens (including phenoxy) is 1. The monoisotopic (exact) mass is 411 g/mol. The van der Waals surface area contributed by atoms with E-state index in [1.54, 1.807) is 17.8 Å². The molecule has 5 rings (SSSR count). The van der Waals surface area contributed by atoms with E-state index in [0.717, 1.165) is 22.3 Å². The molecule has 0 unspecified atom stereocenters. The molecule has 154 valence electrons. The summed E-state index contributed by atoms with van der Waals surface area (Å²) >= 11 is 0. The third-order valence-electron chi connectivity index (χ3n) is 5.45. The summed E-state index contributed by atoms with van der Waals surface area (Å²) in [6.45, 7) is 6.49. The highest BCUT2D eigenvalue weighted by atomic mass is 16.5. The zero-order valence-corrected chi connectivity index (χ0v) is 17.4. The Hall–Kier alpha value is -4.00. The molecule has 0 saturated carbocycles. The van der Waals surface area contributed by atoms with Crippen molar-refractivity contribution < 1.29 is 4.74 Å². The van der Waals surface area contributed by atoms with Crippen LogP contribution in [0.1, 0.15) is 11.4 Å². The highest BCUT2D eigenvalue weighted by Gasteiger charge is 2.21. The van der Waals surface area contributed by atoms with Crippen molar-refractivity contribution in [2.45, 2.75) is 20.0 Å². The van der Waals surface area contributed by atoms with Crippen LogP contribution in [0.4, 0.5) is 0 Å². The summed E-state index contributed by atoms with van der Waals surface area (Å²) in [6, 6.07) is 15.5. The van der Waals surface area contributed by atoms with Crippen LogP contribution in [0, 0.1) is 6.92 Å². The van der Waals surface area contributed by atoms with Crippen molar-refractivity contribution >= 4 is 33.2 Å². The second-order valence-electron chi connectivity index (χ2n) is 7.38. The van der Waals surface area contributed by atoms with Crippen molar-refractivity contribution in [3.63, 3.8) is 0 Å². The molecule has 31 heavy (non-hydrogen) atoms. The van der Waals surface area contributed by atoms with Gasteiger partial charge in [0.25, 0.3) is 5.56 Å². The molecule has 0 atom stereocenters. The van der Waals surface area contributed by atoms with Gasteiger partial charge in [-0.05, 0) is 36.8 Å². The second-order valence-corrected chi connectivity index (χ2v) is 7.38. The van der Waals surface area contributed by atoms with E-state index in [1.807, 2.05) is 60.0 Å². The van der Waals surface area contributed by atoms with Crippen LogP contribution in [-0.2, 0) is 13.1 Å². The van der Waals surface area contributed by atoms with E-state index < -0.39 is 0 Å². The maximum atomic E-state index is 13.4. The van der Waals surface area contributed by atoms with Gasteiger partial charge < -0.3 is 9.30 Å². The number of aromatic nitrogens is 5. The molecule has 0 amide bonds. The molecule has 0 saturated heterocycles. The normalized spacial score (nSPS) is 11.4. The van der Waals surface area contributed by atoms with Crippen molar-refractivity contribution in [3.05, 3.63) is 82.9 Å². The van der Waals surface area contributed by atoms with Crippen molar-refractivity contribution in [1.29, 1.82) is 0 Å². The number of hydrogen-bond acceptors (Lipinski definition) is 5. The number of hydrogen-bond donors (Lipinski definition) is 0. The molecule has 0 fully saturated rings. The summed E-state index contributed by atoms with van der Waals surface area (Å²) < 4.78 is 8.85. The van der Waals surface area contributed by atoms with E-state index >= 15 is 0 Å². The maximum absolute atomic E-state index is 13.4. The minimum atomic E-state index is -0.134. The molecule has 7 nitrogen and oxygen atoms in total. The first-order valence-electron chi connectivity index (χ1n) is 10.0. The van der Waals surface area contributed by atoms with Crippen LogP contribution in [0.15, 0.2) is 66.0 Å². The zero-order chi connectivity index (χ0) is 21.5. The minimum absolute atomic E-state index is 0.134. The fourth-order valence-corrected chi connectivity index (χ4v) is 3.90. The minimum Gasteiger partial charge on any atom is -0.497 e. The fraction of sp³-hybridized carbons (Fsp3) is 0.167. The van der Waals surface area contributed by atoms with E-state index in [-0.39, 0.29) is 5.56 Å². The Kier molecular flexibility index (Phi) is 4.51. The standard InChI is InChI=1S/C24H21N5O2/c1-4-13-28-15(2)25-22-20(24(28)30)21-23(27-19-8-6-5-7-18(19)26-21)29(22)14-16-9-11-17(31-3)12-10-16/h4-12H,1,13-14H2,2-3H3. The number of para-hydroxylation sites is 2. The number of aryl methyl sites for hydroxylation is 1. The van der Waals surface area contributed by atoms with Crippen molar-refractivity contribution in [3.8, 4) is 5.75 Å². The molecule has 0 aliphatic heterocycles. The molecule has 0 aliphatic rings. The summed E-state index contributed by atoms with van der Waals surface area (Å²) in [5.41, 5.74) is 4.23. The number of benzene rings is 2. The van der Waals surface area contributed by atoms with Gasteiger partial charge in [-0.25, -0.2) is 15.0 Å². The van der Waals surface area contributed by atoms with Gasteiger partial charge in [-0.3, -0.25) is 9.36 Å². The van der Waals surface area contributed by atoms with Crippen LogP contribution >= 0.6 is 0 Å². The Morgan fingerprint density at radius 3 is 2.35 bits per heavy atom. The van der Waals surface area contributed by atoms with Gasteiger partial charge in [0.1, 0.15) is 22.5 Å². The Morgan fingerprint density at radius 1 is 0.968 bits per heavy atom. The molecule has 0 N–H and O–H groups in total. The molecule has 2 aromatic carbocycles. The van der Waals surface area contributed by atoms with Crippen LogP contribution in [0.2, 0.25) is 0 Å². The van der Waals surface area contributed by atoms with Gasteiger partial charge in [-0.1, -0.05) is 30.3 Å². The lowest BCUT2D eigenvalue weighted by Gasteiger charge is -2.10. The summed E-state index contributed by atoms with van der Waals surface area (Å²) in [5, 5.41) is 0.481. The molecular formula is C24H21N5O2. The van der Waals surface area contributed by atoms with E-state index in [2.05, 4.69) is 6.58 Å². The molecule has 3 aromatic heterocycles. The van der Waals surface area contributed by atoms with Crippen LogP contribution in [0.5, 0.6) is 5.75 Å². The topological polar surface area (TPSA) is 74.8 Å². The number of methoxy groups -OCH3 is 1. The smallest absolute Gasteiger partial charge is 0.265 e. The van der Waals surface area contributed by atoms with E-state index in [0.29, 0.717) is 41.1 Å². The van der Waals surface area contributed by atoms with Gasteiger partial charge in [-0.2, -0.15) is 0 Å². The average molecular weight is 411 g/mol. The zero-order valence-electron chi connectivity index (χ0n) is 17.4. The lowest BCUT2D eigenvalue weighted by Crippen LogP contribution is -2.23. The third-order valence-corrected chi connectivity index (χ3v) is 5.45. The molecule has 3 heterocycles. The third kappa shape index (κ3) is 3.06. The summed E-state index contributed by atoms with van der Waals surface area (Å²) in [4.78, 5) is 27.9. The molecule has 5 aromatic rings. The average Bonchev–Trinajstić information content (AvgIpc) is 3.08. The molecule has 0 bridgehead atoms. The van der Waals surface area contributed by atoms with Gasteiger partial charge in [-0.15, -0.1) is 6.58 Å². The summed E-state index contributed by atoms with van der Waals surface area (Å²) in [6.07, 6.45) is 1.69. The van der Waals surface area contributed by atoms with Crippen LogP contribution in [-0.4, -0.2) is 31.2 Å². The lowest BCUT2D eigenvalue weighted by atomic mass is 10.2. The molecule has 0 radical (unpaired) electrons. The largest absolute Gasteiger partial charge is 0.497 e. The predicted molar refractivity (Wildman–Crippen MR) is 122 cm³/mol. The van der Waals surface area contributed by atoms with Crippen molar-refractivity contribution in [2.75, 3.05) is 7.11 Å². The Balaban J connectivity index is 1.85. The van der Waals surface area contributed by atoms with E-state index in [9.17, 15) is 4.79 Å². The Bertz CT molecular complexity index is 1510. The fourth-order valence-electron chi connectivity index (χ4n) is 3.90.